The van der Waals surface area contributed by atoms with Crippen molar-refractivity contribution < 1.29 is 9.63 Å². The third-order valence-electron chi connectivity index (χ3n) is 0.723. The van der Waals surface area contributed by atoms with Crippen LogP contribution >= 0.6 is 0 Å². The number of aryl methyl sites for hydroxylation is 1. The SMILES string of the molecule is Cc1cnoc1O. The van der Waals surface area contributed by atoms with Gasteiger partial charge in [0.1, 0.15) is 0 Å². The molecule has 1 aromatic heterocycles. The fourth-order valence-electron chi connectivity index (χ4n) is 0.283. The minimum atomic E-state index is -0.0972. The number of hydrogen-bond donors (Lipinski definition) is 1. The van der Waals surface area contributed by atoms with Gasteiger partial charge in [-0.05, 0) is 6.92 Å². The van der Waals surface area contributed by atoms with E-state index in [1.807, 2.05) is 0 Å². The van der Waals surface area contributed by atoms with Crippen molar-refractivity contribution in [2.75, 3.05) is 0 Å². The van der Waals surface area contributed by atoms with Gasteiger partial charge >= 0.3 is 5.95 Å². The molecule has 0 aliphatic carbocycles. The highest BCUT2D eigenvalue weighted by Crippen LogP contribution is 2.11. The van der Waals surface area contributed by atoms with Crippen molar-refractivity contribution in [2.45, 2.75) is 6.92 Å². The Balaban J connectivity index is 3.12. The lowest BCUT2D eigenvalue weighted by atomic mass is 10.4. The molecule has 0 aliphatic heterocycles. The summed E-state index contributed by atoms with van der Waals surface area (Å²) in [5, 5.41) is 11.8. The van der Waals surface area contributed by atoms with E-state index in [9.17, 15) is 0 Å². The molecule has 3 heteroatoms. The highest BCUT2D eigenvalue weighted by atomic mass is 16.5. The van der Waals surface area contributed by atoms with Crippen LogP contribution in [0.15, 0.2) is 10.7 Å². The monoisotopic (exact) mass is 99.0 g/mol. The standard InChI is InChI=1S/C4H5NO2/c1-3-2-5-7-4(3)6/h2,6H,1H3. The summed E-state index contributed by atoms with van der Waals surface area (Å²) in [6, 6.07) is 0. The molecule has 0 amide bonds. The van der Waals surface area contributed by atoms with Crippen LogP contribution in [0.3, 0.4) is 0 Å². The average Bonchev–Trinajstić information content (AvgIpc) is 1.91. The van der Waals surface area contributed by atoms with E-state index in [2.05, 4.69) is 9.68 Å². The Kier molecular flexibility index (Phi) is 0.749. The van der Waals surface area contributed by atoms with Crippen LogP contribution in [0, 0.1) is 6.92 Å². The molecule has 1 aromatic rings. The van der Waals surface area contributed by atoms with Gasteiger partial charge in [0, 0.05) is 0 Å². The second-order valence-corrected chi connectivity index (χ2v) is 1.31. The number of nitrogens with zero attached hydrogens (tertiary/aromatic N) is 1. The van der Waals surface area contributed by atoms with Crippen LogP contribution < -0.4 is 0 Å². The Morgan fingerprint density at radius 3 is 2.71 bits per heavy atom. The zero-order valence-electron chi connectivity index (χ0n) is 3.88. The largest absolute Gasteiger partial charge is 0.479 e. The van der Waals surface area contributed by atoms with E-state index in [1.54, 1.807) is 6.92 Å². The summed E-state index contributed by atoms with van der Waals surface area (Å²) in [6.07, 6.45) is 1.45. The molecule has 0 spiro atoms. The highest BCUT2D eigenvalue weighted by molar-refractivity contribution is 5.13. The van der Waals surface area contributed by atoms with Crippen LogP contribution in [-0.2, 0) is 0 Å². The summed E-state index contributed by atoms with van der Waals surface area (Å²) in [5.74, 6) is -0.0972. The van der Waals surface area contributed by atoms with Crippen LogP contribution in [0.5, 0.6) is 5.95 Å². The van der Waals surface area contributed by atoms with Crippen molar-refractivity contribution >= 4 is 0 Å². The molecule has 7 heavy (non-hydrogen) atoms. The molecule has 0 aromatic carbocycles. The second-order valence-electron chi connectivity index (χ2n) is 1.31. The van der Waals surface area contributed by atoms with Gasteiger partial charge in [0.15, 0.2) is 0 Å². The summed E-state index contributed by atoms with van der Waals surface area (Å²) < 4.78 is 4.27. The molecule has 0 saturated heterocycles. The summed E-state index contributed by atoms with van der Waals surface area (Å²) in [7, 11) is 0. The van der Waals surface area contributed by atoms with E-state index in [0.717, 1.165) is 0 Å². The van der Waals surface area contributed by atoms with Crippen LogP contribution in [0.1, 0.15) is 5.56 Å². The van der Waals surface area contributed by atoms with E-state index < -0.39 is 0 Å². The molecular weight excluding hydrogens is 94.0 g/mol. The smallest absolute Gasteiger partial charge is 0.311 e. The van der Waals surface area contributed by atoms with Gasteiger partial charge in [-0.15, -0.1) is 0 Å². The highest BCUT2D eigenvalue weighted by Gasteiger charge is 1.94. The average molecular weight is 99.1 g/mol. The normalized spacial score (nSPS) is 9.29. The van der Waals surface area contributed by atoms with E-state index in [1.165, 1.54) is 6.20 Å². The Bertz CT molecular complexity index is 142. The van der Waals surface area contributed by atoms with E-state index in [4.69, 9.17) is 5.11 Å². The van der Waals surface area contributed by atoms with Crippen molar-refractivity contribution in [3.63, 3.8) is 0 Å². The number of rotatable bonds is 0. The van der Waals surface area contributed by atoms with Crippen LogP contribution in [0.25, 0.3) is 0 Å². The van der Waals surface area contributed by atoms with Gasteiger partial charge in [0.25, 0.3) is 0 Å². The van der Waals surface area contributed by atoms with Crippen molar-refractivity contribution in [1.29, 1.82) is 0 Å². The van der Waals surface area contributed by atoms with Crippen LogP contribution in [0.4, 0.5) is 0 Å². The number of hydrogen-bond acceptors (Lipinski definition) is 3. The van der Waals surface area contributed by atoms with Gasteiger partial charge in [0.05, 0.1) is 11.8 Å². The zero-order chi connectivity index (χ0) is 5.28. The lowest BCUT2D eigenvalue weighted by Crippen LogP contribution is -1.57. The maximum Gasteiger partial charge on any atom is 0.311 e. The fraction of sp³-hybridized carbons (Fsp3) is 0.250. The molecule has 38 valence electrons. The molecule has 3 nitrogen and oxygen atoms in total. The molecule has 0 saturated carbocycles. The molecule has 1 rings (SSSR count). The molecule has 1 heterocycles. The minimum absolute atomic E-state index is 0.0972. The molecular formula is C4H5NO2. The van der Waals surface area contributed by atoms with Crippen LogP contribution in [0.2, 0.25) is 0 Å². The molecule has 0 radical (unpaired) electrons. The Morgan fingerprint density at radius 2 is 2.57 bits per heavy atom. The van der Waals surface area contributed by atoms with E-state index >= 15 is 0 Å². The zero-order valence-corrected chi connectivity index (χ0v) is 3.88. The second kappa shape index (κ2) is 1.26. The third-order valence-corrected chi connectivity index (χ3v) is 0.723. The first-order chi connectivity index (χ1) is 3.30. The molecule has 1 N–H and O–H groups in total. The van der Waals surface area contributed by atoms with Crippen molar-refractivity contribution in [3.05, 3.63) is 11.8 Å². The van der Waals surface area contributed by atoms with E-state index in [-0.39, 0.29) is 5.95 Å². The lowest BCUT2D eigenvalue weighted by molar-refractivity contribution is 0.276. The van der Waals surface area contributed by atoms with E-state index in [0.29, 0.717) is 5.56 Å². The summed E-state index contributed by atoms with van der Waals surface area (Å²) in [4.78, 5) is 0. The molecule has 0 fully saturated rings. The topological polar surface area (TPSA) is 46.3 Å². The van der Waals surface area contributed by atoms with Gasteiger partial charge in [-0.25, -0.2) is 0 Å². The maximum absolute atomic E-state index is 8.53. The molecule has 0 unspecified atom stereocenters. The maximum atomic E-state index is 8.53. The number of aromatic hydroxyl groups is 1. The molecule has 0 atom stereocenters. The Labute approximate surface area is 40.6 Å². The first-order valence-electron chi connectivity index (χ1n) is 1.91. The molecule has 0 aliphatic rings. The summed E-state index contributed by atoms with van der Waals surface area (Å²) in [5.41, 5.74) is 0.667. The van der Waals surface area contributed by atoms with Gasteiger partial charge in [-0.3, -0.25) is 0 Å². The first kappa shape index (κ1) is 4.18. The summed E-state index contributed by atoms with van der Waals surface area (Å²) >= 11 is 0. The Hall–Kier alpha value is -0.990. The van der Waals surface area contributed by atoms with Gasteiger partial charge in [0.2, 0.25) is 0 Å². The molecule has 0 bridgehead atoms. The number of aromatic nitrogens is 1. The summed E-state index contributed by atoms with van der Waals surface area (Å²) in [6.45, 7) is 1.71. The quantitative estimate of drug-likeness (QED) is 0.520. The predicted molar refractivity (Wildman–Crippen MR) is 22.9 cm³/mol. The lowest BCUT2D eigenvalue weighted by Gasteiger charge is -1.75. The van der Waals surface area contributed by atoms with Crippen LogP contribution in [-0.4, -0.2) is 10.3 Å². The Morgan fingerprint density at radius 1 is 1.86 bits per heavy atom. The van der Waals surface area contributed by atoms with Crippen molar-refractivity contribution in [2.24, 2.45) is 0 Å². The van der Waals surface area contributed by atoms with Crippen molar-refractivity contribution in [1.82, 2.24) is 5.16 Å². The van der Waals surface area contributed by atoms with Gasteiger partial charge in [-0.1, -0.05) is 5.16 Å². The van der Waals surface area contributed by atoms with Gasteiger partial charge < -0.3 is 9.63 Å². The fourth-order valence-corrected chi connectivity index (χ4v) is 0.283. The third kappa shape index (κ3) is 0.559. The van der Waals surface area contributed by atoms with Gasteiger partial charge in [-0.2, -0.15) is 0 Å². The first-order valence-corrected chi connectivity index (χ1v) is 1.91. The minimum Gasteiger partial charge on any atom is -0.479 e. The van der Waals surface area contributed by atoms with Crippen molar-refractivity contribution in [3.8, 4) is 5.95 Å². The predicted octanol–water partition coefficient (Wildman–Crippen LogP) is 0.689.